The van der Waals surface area contributed by atoms with Crippen LogP contribution >= 0.6 is 39.0 Å². The van der Waals surface area contributed by atoms with Crippen LogP contribution in [0, 0.1) is 5.82 Å². The van der Waals surface area contributed by atoms with Gasteiger partial charge in [0, 0.05) is 22.0 Å². The van der Waals surface area contributed by atoms with Crippen molar-refractivity contribution in [3.63, 3.8) is 0 Å². The summed E-state index contributed by atoms with van der Waals surface area (Å²) in [6.07, 6.45) is 1.19. The number of thiazole rings is 1. The van der Waals surface area contributed by atoms with Crippen molar-refractivity contribution in [3.8, 4) is 21.7 Å². The zero-order valence-corrected chi connectivity index (χ0v) is 20.4. The Kier molecular flexibility index (Phi) is 6.62. The van der Waals surface area contributed by atoms with E-state index in [-0.39, 0.29) is 10.7 Å². The second-order valence-corrected chi connectivity index (χ2v) is 12.0. The molecule has 3 aromatic carbocycles. The molecule has 0 aliphatic heterocycles. The minimum Gasteiger partial charge on any atom is -0.229 e. The molecule has 0 radical (unpaired) electrons. The lowest BCUT2D eigenvalue weighted by Crippen LogP contribution is -1.96. The predicted octanol–water partition coefficient (Wildman–Crippen LogP) is 7.07. The monoisotopic (exact) mass is 533 g/mol. The summed E-state index contributed by atoms with van der Waals surface area (Å²) in [5.41, 5.74) is 3.64. The molecule has 3 nitrogen and oxygen atoms in total. The molecule has 1 aromatic heterocycles. The van der Waals surface area contributed by atoms with Crippen molar-refractivity contribution in [3.05, 3.63) is 88.6 Å². The molecule has 0 spiro atoms. The number of hydrogen-bond acceptors (Lipinski definition) is 5. The van der Waals surface area contributed by atoms with E-state index in [9.17, 15) is 12.8 Å². The van der Waals surface area contributed by atoms with E-state index < -0.39 is 9.84 Å². The first kappa shape index (κ1) is 22.2. The maximum atomic E-state index is 13.4. The van der Waals surface area contributed by atoms with Gasteiger partial charge in [0.05, 0.1) is 15.5 Å². The molecule has 8 heteroatoms. The van der Waals surface area contributed by atoms with Crippen LogP contribution < -0.4 is 0 Å². The maximum Gasteiger partial charge on any atom is 0.175 e. The van der Waals surface area contributed by atoms with Gasteiger partial charge in [-0.1, -0.05) is 64.1 Å². The lowest BCUT2D eigenvalue weighted by atomic mass is 10.1. The lowest BCUT2D eigenvalue weighted by molar-refractivity contribution is 0.602. The molecule has 0 aliphatic rings. The number of thioether (sulfide) groups is 1. The van der Waals surface area contributed by atoms with Gasteiger partial charge in [-0.15, -0.1) is 11.3 Å². The van der Waals surface area contributed by atoms with Crippen molar-refractivity contribution in [2.45, 2.75) is 15.0 Å². The zero-order chi connectivity index (χ0) is 22.0. The molecule has 31 heavy (non-hydrogen) atoms. The normalized spacial score (nSPS) is 11.6. The Labute approximate surface area is 197 Å². The third-order valence-electron chi connectivity index (χ3n) is 4.55. The molecule has 4 aromatic rings. The smallest absolute Gasteiger partial charge is 0.175 e. The standard InChI is InChI=1S/C23H17BrFNO2S3/c1-31(27,28)20-12-6-16(7-13-20)21-22(17-4-10-19(25)11-5-17)30-23(26-21)29-14-15-2-8-18(24)9-3-15/h2-13H,14H2,1H3. The third kappa shape index (κ3) is 5.44. The maximum absolute atomic E-state index is 13.4. The first-order valence-corrected chi connectivity index (χ1v) is 13.7. The van der Waals surface area contributed by atoms with Crippen molar-refractivity contribution >= 4 is 48.9 Å². The molecule has 0 fully saturated rings. The van der Waals surface area contributed by atoms with E-state index in [1.54, 1.807) is 59.5 Å². The van der Waals surface area contributed by atoms with Crippen LogP contribution in [0.3, 0.4) is 0 Å². The summed E-state index contributed by atoms with van der Waals surface area (Å²) in [6, 6.07) is 21.2. The summed E-state index contributed by atoms with van der Waals surface area (Å²) < 4.78 is 39.0. The number of sulfone groups is 1. The van der Waals surface area contributed by atoms with Crippen LogP contribution in [0.4, 0.5) is 4.39 Å². The van der Waals surface area contributed by atoms with Crippen LogP contribution in [0.2, 0.25) is 0 Å². The molecule has 0 bridgehead atoms. The van der Waals surface area contributed by atoms with Crippen molar-refractivity contribution in [1.29, 1.82) is 0 Å². The first-order valence-electron chi connectivity index (χ1n) is 9.24. The van der Waals surface area contributed by atoms with Crippen molar-refractivity contribution in [1.82, 2.24) is 4.98 Å². The van der Waals surface area contributed by atoms with Gasteiger partial charge in [-0.3, -0.25) is 0 Å². The molecular weight excluding hydrogens is 517 g/mol. The lowest BCUT2D eigenvalue weighted by Gasteiger charge is -2.04. The van der Waals surface area contributed by atoms with Gasteiger partial charge in [-0.2, -0.15) is 0 Å². The summed E-state index contributed by atoms with van der Waals surface area (Å²) in [6.45, 7) is 0. The van der Waals surface area contributed by atoms with Gasteiger partial charge < -0.3 is 0 Å². The topological polar surface area (TPSA) is 47.0 Å². The van der Waals surface area contributed by atoms with E-state index >= 15 is 0 Å². The van der Waals surface area contributed by atoms with Crippen LogP contribution in [0.1, 0.15) is 5.56 Å². The van der Waals surface area contributed by atoms with E-state index in [1.807, 2.05) is 12.1 Å². The van der Waals surface area contributed by atoms with Crippen LogP contribution in [-0.4, -0.2) is 19.7 Å². The van der Waals surface area contributed by atoms with Gasteiger partial charge in [0.15, 0.2) is 14.2 Å². The largest absolute Gasteiger partial charge is 0.229 e. The Morgan fingerprint density at radius 3 is 2.16 bits per heavy atom. The van der Waals surface area contributed by atoms with Gasteiger partial charge in [-0.05, 0) is 47.5 Å². The van der Waals surface area contributed by atoms with Crippen molar-refractivity contribution < 1.29 is 12.8 Å². The van der Waals surface area contributed by atoms with Crippen molar-refractivity contribution in [2.24, 2.45) is 0 Å². The molecule has 0 amide bonds. The Hall–Kier alpha value is -2.00. The van der Waals surface area contributed by atoms with Gasteiger partial charge >= 0.3 is 0 Å². The van der Waals surface area contributed by atoms with E-state index in [4.69, 9.17) is 4.98 Å². The highest BCUT2D eigenvalue weighted by Gasteiger charge is 2.17. The Balaban J connectivity index is 1.70. The summed E-state index contributed by atoms with van der Waals surface area (Å²) in [4.78, 5) is 6.02. The molecule has 0 saturated carbocycles. The molecule has 0 aliphatic carbocycles. The van der Waals surface area contributed by atoms with E-state index in [0.717, 1.165) is 36.3 Å². The number of rotatable bonds is 6. The Morgan fingerprint density at radius 1 is 0.935 bits per heavy atom. The zero-order valence-electron chi connectivity index (χ0n) is 16.4. The highest BCUT2D eigenvalue weighted by atomic mass is 79.9. The molecule has 158 valence electrons. The highest BCUT2D eigenvalue weighted by molar-refractivity contribution is 9.10. The number of aromatic nitrogens is 1. The van der Waals surface area contributed by atoms with Crippen LogP contribution in [-0.2, 0) is 15.6 Å². The molecule has 0 atom stereocenters. The Morgan fingerprint density at radius 2 is 1.55 bits per heavy atom. The third-order valence-corrected chi connectivity index (χ3v) is 8.52. The predicted molar refractivity (Wildman–Crippen MR) is 130 cm³/mol. The van der Waals surface area contributed by atoms with Gasteiger partial charge in [-0.25, -0.2) is 17.8 Å². The van der Waals surface area contributed by atoms with Gasteiger partial charge in [0.2, 0.25) is 0 Å². The SMILES string of the molecule is CS(=O)(=O)c1ccc(-c2nc(SCc3ccc(Br)cc3)sc2-c2ccc(F)cc2)cc1. The minimum atomic E-state index is -3.27. The summed E-state index contributed by atoms with van der Waals surface area (Å²) in [7, 11) is -3.27. The number of nitrogens with zero attached hydrogens (tertiary/aromatic N) is 1. The molecule has 1 heterocycles. The summed E-state index contributed by atoms with van der Waals surface area (Å²) in [5, 5.41) is 0. The Bertz CT molecular complexity index is 1300. The van der Waals surface area contributed by atoms with Crippen LogP contribution in [0.5, 0.6) is 0 Å². The molecule has 4 rings (SSSR count). The fourth-order valence-corrected chi connectivity index (χ4v) is 5.96. The van der Waals surface area contributed by atoms with Crippen molar-refractivity contribution in [2.75, 3.05) is 6.26 Å². The fourth-order valence-electron chi connectivity index (χ4n) is 2.94. The molecule has 0 saturated heterocycles. The number of halogens is 2. The van der Waals surface area contributed by atoms with Gasteiger partial charge in [0.1, 0.15) is 5.82 Å². The average molecular weight is 534 g/mol. The van der Waals surface area contributed by atoms with E-state index in [1.165, 1.54) is 24.0 Å². The van der Waals surface area contributed by atoms with E-state index in [2.05, 4.69) is 28.1 Å². The second kappa shape index (κ2) is 9.24. The second-order valence-electron chi connectivity index (χ2n) is 6.88. The highest BCUT2D eigenvalue weighted by Crippen LogP contribution is 2.41. The quantitative estimate of drug-likeness (QED) is 0.248. The molecule has 0 N–H and O–H groups in total. The number of benzene rings is 3. The average Bonchev–Trinajstić information content (AvgIpc) is 3.18. The van der Waals surface area contributed by atoms with Gasteiger partial charge in [0.25, 0.3) is 0 Å². The molecule has 0 unspecified atom stereocenters. The fraction of sp³-hybridized carbons (Fsp3) is 0.0870. The summed E-state index contributed by atoms with van der Waals surface area (Å²) in [5.74, 6) is 0.480. The first-order chi connectivity index (χ1) is 14.8. The van der Waals surface area contributed by atoms with Crippen LogP contribution in [0.15, 0.2) is 86.5 Å². The molecular formula is C23H17BrFNO2S3. The minimum absolute atomic E-state index is 0.264. The number of hydrogen-bond donors (Lipinski definition) is 0. The van der Waals surface area contributed by atoms with E-state index in [0.29, 0.717) is 0 Å². The van der Waals surface area contributed by atoms with Crippen LogP contribution in [0.25, 0.3) is 21.7 Å². The summed E-state index contributed by atoms with van der Waals surface area (Å²) >= 11 is 6.63.